The third-order valence-corrected chi connectivity index (χ3v) is 9.43. The Hall–Kier alpha value is -5.96. The van der Waals surface area contributed by atoms with Crippen molar-refractivity contribution in [3.05, 3.63) is 113 Å². The van der Waals surface area contributed by atoms with Gasteiger partial charge in [-0.25, -0.2) is 4.79 Å². The highest BCUT2D eigenvalue weighted by Gasteiger charge is 2.66. The Labute approximate surface area is 312 Å². The van der Waals surface area contributed by atoms with E-state index in [0.29, 0.717) is 23.3 Å². The summed E-state index contributed by atoms with van der Waals surface area (Å²) in [7, 11) is 10.5. The number of rotatable bonds is 14. The van der Waals surface area contributed by atoms with Gasteiger partial charge in [0.2, 0.25) is 22.9 Å². The van der Waals surface area contributed by atoms with E-state index in [-0.39, 0.29) is 0 Å². The Balaban J connectivity index is 0.000000241. The molecule has 0 bridgehead atoms. The van der Waals surface area contributed by atoms with E-state index >= 15 is 0 Å². The average Bonchev–Trinajstić information content (AvgIpc) is 3.20. The van der Waals surface area contributed by atoms with Crippen LogP contribution in [0.5, 0.6) is 28.7 Å². The molecular weight excluding hydrogens is 702 g/mol. The van der Waals surface area contributed by atoms with Crippen LogP contribution < -0.4 is 33.7 Å². The third kappa shape index (κ3) is 7.71. The monoisotopic (exact) mass is 745 g/mol. The fourth-order valence-corrected chi connectivity index (χ4v) is 6.44. The minimum Gasteiger partial charge on any atom is -0.546 e. The molecule has 0 fully saturated rings. The van der Waals surface area contributed by atoms with E-state index in [0.717, 1.165) is 60.7 Å². The minimum atomic E-state index is -4.06. The predicted molar refractivity (Wildman–Crippen MR) is 192 cm³/mol. The fourth-order valence-electron chi connectivity index (χ4n) is 6.44. The highest BCUT2D eigenvalue weighted by molar-refractivity contribution is 6.28. The number of likely N-dealkylation sites (N-methyl/N-ethyl adjacent to an activating group) is 1. The zero-order valence-electron chi connectivity index (χ0n) is 30.7. The van der Waals surface area contributed by atoms with E-state index < -0.39 is 45.8 Å². The van der Waals surface area contributed by atoms with Crippen molar-refractivity contribution in [1.29, 1.82) is 0 Å². The van der Waals surface area contributed by atoms with Crippen molar-refractivity contribution in [2.24, 2.45) is 0 Å². The zero-order valence-corrected chi connectivity index (χ0v) is 30.7. The van der Waals surface area contributed by atoms with Crippen LogP contribution in [0, 0.1) is 0 Å². The Kier molecular flexibility index (Phi) is 13.0. The van der Waals surface area contributed by atoms with Crippen molar-refractivity contribution < 1.29 is 68.2 Å². The maximum absolute atomic E-state index is 12.6. The van der Waals surface area contributed by atoms with Crippen molar-refractivity contribution in [1.82, 2.24) is 0 Å². The number of Topliss-reactive ketones (excluding diaryl/α,β-unsaturated/α-hetero) is 2. The highest BCUT2D eigenvalue weighted by Crippen LogP contribution is 2.40. The van der Waals surface area contributed by atoms with Gasteiger partial charge in [-0.1, -0.05) is 60.7 Å². The van der Waals surface area contributed by atoms with Gasteiger partial charge in [-0.15, -0.1) is 0 Å². The second-order valence-electron chi connectivity index (χ2n) is 12.4. The van der Waals surface area contributed by atoms with Crippen molar-refractivity contribution in [3.63, 3.8) is 0 Å². The molecule has 54 heavy (non-hydrogen) atoms. The Bertz CT molecular complexity index is 1890. The molecule has 4 N–H and O–H groups in total. The first-order valence-corrected chi connectivity index (χ1v) is 16.7. The SMILES string of the molecule is COc1cc2c(cc1OC)C(Cc1cc(OC)c(OC)c(OC)c1)[NH+](C)CC2.O=C([O-])C(O)(C(=O)c1ccccc1)C(O)(C(=O)O)C(=O)c1ccccc1. The third-order valence-electron chi connectivity index (χ3n) is 9.43. The maximum Gasteiger partial charge on any atom is 0.348 e. The number of fused-ring (bicyclic) bond motifs is 1. The number of aliphatic hydroxyl groups is 2. The number of ketones is 2. The molecule has 1 aliphatic rings. The number of carboxylic acid groups (broad SMARTS) is 2. The van der Waals surface area contributed by atoms with E-state index in [2.05, 4.69) is 19.2 Å². The van der Waals surface area contributed by atoms with Crippen LogP contribution in [0.4, 0.5) is 0 Å². The van der Waals surface area contributed by atoms with Crippen molar-refractivity contribution >= 4 is 23.5 Å². The average molecular weight is 746 g/mol. The molecule has 286 valence electrons. The molecule has 1 heterocycles. The van der Waals surface area contributed by atoms with Crippen LogP contribution in [0.25, 0.3) is 0 Å². The largest absolute Gasteiger partial charge is 0.546 e. The van der Waals surface area contributed by atoms with E-state index in [1.807, 2.05) is 12.1 Å². The Morgan fingerprint density at radius 1 is 0.704 bits per heavy atom. The zero-order chi connectivity index (χ0) is 39.8. The lowest BCUT2D eigenvalue weighted by Crippen LogP contribution is -3.10. The Morgan fingerprint density at radius 3 is 1.59 bits per heavy atom. The predicted octanol–water partition coefficient (Wildman–Crippen LogP) is 1.13. The molecule has 14 nitrogen and oxygen atoms in total. The number of hydrogen-bond acceptors (Lipinski definition) is 12. The molecule has 4 unspecified atom stereocenters. The molecule has 0 saturated heterocycles. The molecule has 5 rings (SSSR count). The number of carboxylic acids is 2. The van der Waals surface area contributed by atoms with E-state index in [9.17, 15) is 39.6 Å². The topological polar surface area (TPSA) is 203 Å². The molecule has 4 atom stereocenters. The van der Waals surface area contributed by atoms with Crippen molar-refractivity contribution in [2.45, 2.75) is 30.1 Å². The summed E-state index contributed by atoms with van der Waals surface area (Å²) in [5.41, 5.74) is -5.16. The molecular formula is C40H43NO13. The number of hydrogen-bond donors (Lipinski definition) is 4. The minimum absolute atomic E-state index is 0.298. The van der Waals surface area contributed by atoms with Gasteiger partial charge in [0.15, 0.2) is 23.0 Å². The second kappa shape index (κ2) is 17.2. The van der Waals surface area contributed by atoms with Gasteiger partial charge >= 0.3 is 5.97 Å². The van der Waals surface area contributed by atoms with Gasteiger partial charge in [-0.05, 0) is 35.4 Å². The van der Waals surface area contributed by atoms with E-state index in [1.54, 1.807) is 35.5 Å². The van der Waals surface area contributed by atoms with Crippen LogP contribution >= 0.6 is 0 Å². The molecule has 0 spiro atoms. The number of carbonyl (C=O) groups excluding carboxylic acids is 3. The molecule has 0 saturated carbocycles. The number of benzene rings is 4. The Morgan fingerprint density at radius 2 is 1.17 bits per heavy atom. The van der Waals surface area contributed by atoms with Crippen LogP contribution in [0.2, 0.25) is 0 Å². The number of aliphatic carboxylic acids is 2. The summed E-state index contributed by atoms with van der Waals surface area (Å²) in [6, 6.07) is 21.2. The lowest BCUT2D eigenvalue weighted by atomic mass is 9.73. The van der Waals surface area contributed by atoms with Crippen molar-refractivity contribution in [3.8, 4) is 28.7 Å². The van der Waals surface area contributed by atoms with Crippen molar-refractivity contribution in [2.75, 3.05) is 49.1 Å². The summed E-state index contributed by atoms with van der Waals surface area (Å²) in [5.74, 6) is -4.89. The molecule has 0 amide bonds. The first-order chi connectivity index (χ1) is 25.7. The van der Waals surface area contributed by atoms with Gasteiger partial charge in [0, 0.05) is 29.5 Å². The first-order valence-electron chi connectivity index (χ1n) is 16.7. The van der Waals surface area contributed by atoms with Gasteiger partial charge in [-0.2, -0.15) is 0 Å². The summed E-state index contributed by atoms with van der Waals surface area (Å²) >= 11 is 0. The normalized spacial score (nSPS) is 16.8. The number of carbonyl (C=O) groups is 4. The lowest BCUT2D eigenvalue weighted by Gasteiger charge is -2.38. The van der Waals surface area contributed by atoms with Crippen LogP contribution in [-0.4, -0.2) is 99.2 Å². The van der Waals surface area contributed by atoms with Crippen LogP contribution in [0.15, 0.2) is 84.9 Å². The molecule has 4 aromatic rings. The second-order valence-corrected chi connectivity index (χ2v) is 12.4. The quantitative estimate of drug-likeness (QED) is 0.106. The summed E-state index contributed by atoms with van der Waals surface area (Å²) in [5, 5.41) is 41.9. The molecule has 0 aliphatic carbocycles. The summed E-state index contributed by atoms with van der Waals surface area (Å²) in [6.07, 6.45) is 1.87. The number of ether oxygens (including phenoxy) is 5. The van der Waals surface area contributed by atoms with E-state index in [1.165, 1.54) is 52.4 Å². The van der Waals surface area contributed by atoms with E-state index in [4.69, 9.17) is 23.7 Å². The number of methoxy groups -OCH3 is 5. The number of quaternary nitrogens is 1. The smallest absolute Gasteiger partial charge is 0.348 e. The summed E-state index contributed by atoms with van der Waals surface area (Å²) in [6.45, 7) is 1.07. The van der Waals surface area contributed by atoms with Gasteiger partial charge in [0.1, 0.15) is 6.04 Å². The van der Waals surface area contributed by atoms with Crippen LogP contribution in [-0.2, 0) is 22.4 Å². The van der Waals surface area contributed by atoms with Crippen LogP contribution in [0.3, 0.4) is 0 Å². The van der Waals surface area contributed by atoms with Gasteiger partial charge in [-0.3, -0.25) is 9.59 Å². The van der Waals surface area contributed by atoms with Crippen LogP contribution in [0.1, 0.15) is 43.4 Å². The molecule has 1 aliphatic heterocycles. The first kappa shape index (κ1) is 40.8. The summed E-state index contributed by atoms with van der Waals surface area (Å²) < 4.78 is 27.5. The maximum atomic E-state index is 12.6. The fraction of sp³-hybridized carbons (Fsp3) is 0.300. The highest BCUT2D eigenvalue weighted by atomic mass is 16.5. The summed E-state index contributed by atoms with van der Waals surface area (Å²) in [4.78, 5) is 49.8. The molecule has 14 heteroatoms. The van der Waals surface area contributed by atoms with Gasteiger partial charge < -0.3 is 53.8 Å². The number of nitrogens with one attached hydrogen (secondary N) is 1. The molecule has 0 radical (unpaired) electrons. The standard InChI is InChI=1S/C22H29NO5.C18H14O8/c1-23-8-7-15-12-18(24-2)19(25-3)13-16(15)17(23)9-14-10-20(26-4)22(28-6)21(11-14)27-5;19-13(11-7-3-1-4-8-11)17(25,15(21)22)18(26,16(23)24)14(20)12-9-5-2-6-10-12/h10-13,17H,7-9H2,1-6H3;1-10,25-26H,(H,21,22)(H,23,24). The van der Waals surface area contributed by atoms with Gasteiger partial charge in [0.05, 0.1) is 55.1 Å². The lowest BCUT2D eigenvalue weighted by molar-refractivity contribution is -0.914. The van der Waals surface area contributed by atoms with Gasteiger partial charge in [0.25, 0.3) is 5.60 Å². The molecule has 0 aromatic heterocycles. The molecule has 4 aromatic carbocycles.